The van der Waals surface area contributed by atoms with E-state index in [-0.39, 0.29) is 5.92 Å². The number of furan rings is 1. The first-order chi connectivity index (χ1) is 22.8. The van der Waals surface area contributed by atoms with Crippen molar-refractivity contribution in [3.05, 3.63) is 174 Å². The van der Waals surface area contributed by atoms with Gasteiger partial charge in [0.25, 0.3) is 0 Å². The van der Waals surface area contributed by atoms with Crippen molar-refractivity contribution in [1.82, 2.24) is 4.57 Å². The highest BCUT2D eigenvalue weighted by atomic mass is 16.3. The zero-order chi connectivity index (χ0) is 30.2. The first-order valence-electron chi connectivity index (χ1n) is 16.0. The quantitative estimate of drug-likeness (QED) is 0.200. The van der Waals surface area contributed by atoms with E-state index in [0.717, 1.165) is 17.6 Å². The van der Waals surface area contributed by atoms with E-state index in [2.05, 4.69) is 156 Å². The number of hydrogen-bond donors (Lipinski definition) is 0. The SMILES string of the molecule is c1ccc(-n2c3ccccc3c3cc(-c4ccc5c(c4)-c4ccccc4C5Cc4cccc5c4oc4ccccc45)ccc32)cc1. The van der Waals surface area contributed by atoms with Crippen LogP contribution >= 0.6 is 0 Å². The first-order valence-corrected chi connectivity index (χ1v) is 16.0. The van der Waals surface area contributed by atoms with E-state index in [0.29, 0.717) is 0 Å². The van der Waals surface area contributed by atoms with Crippen LogP contribution in [0.1, 0.15) is 22.6 Å². The van der Waals surface area contributed by atoms with Gasteiger partial charge >= 0.3 is 0 Å². The predicted molar refractivity (Wildman–Crippen MR) is 191 cm³/mol. The van der Waals surface area contributed by atoms with Crippen LogP contribution in [-0.4, -0.2) is 4.57 Å². The number of rotatable bonds is 4. The fourth-order valence-electron chi connectivity index (χ4n) is 7.90. The monoisotopic (exact) mass is 587 g/mol. The Morgan fingerprint density at radius 1 is 0.478 bits per heavy atom. The topological polar surface area (TPSA) is 18.1 Å². The Bertz CT molecular complexity index is 2620. The van der Waals surface area contributed by atoms with Crippen LogP contribution in [0.25, 0.3) is 71.7 Å². The molecule has 0 saturated carbocycles. The second-order valence-corrected chi connectivity index (χ2v) is 12.5. The van der Waals surface area contributed by atoms with Gasteiger partial charge in [-0.1, -0.05) is 115 Å². The van der Waals surface area contributed by atoms with Gasteiger partial charge in [-0.05, 0) is 87.8 Å². The molecule has 0 aliphatic heterocycles. The Kier molecular flexibility index (Phi) is 5.44. The number of benzene rings is 7. The highest BCUT2D eigenvalue weighted by Crippen LogP contribution is 2.48. The van der Waals surface area contributed by atoms with Crippen LogP contribution in [0.4, 0.5) is 0 Å². The summed E-state index contributed by atoms with van der Waals surface area (Å²) in [6, 6.07) is 57.3. The number of para-hydroxylation sites is 4. The van der Waals surface area contributed by atoms with Gasteiger partial charge in [0.15, 0.2) is 0 Å². The largest absolute Gasteiger partial charge is 0.456 e. The summed E-state index contributed by atoms with van der Waals surface area (Å²) in [5.74, 6) is 0.269. The van der Waals surface area contributed by atoms with E-state index in [1.165, 1.54) is 77.2 Å². The maximum atomic E-state index is 6.44. The molecular weight excluding hydrogens is 558 g/mol. The molecule has 0 spiro atoms. The Hall–Kier alpha value is -5.86. The number of aromatic nitrogens is 1. The van der Waals surface area contributed by atoms with Gasteiger partial charge in [-0.15, -0.1) is 0 Å². The van der Waals surface area contributed by atoms with Gasteiger partial charge in [0.05, 0.1) is 11.0 Å². The number of fused-ring (bicyclic) bond motifs is 9. The van der Waals surface area contributed by atoms with Crippen molar-refractivity contribution in [2.24, 2.45) is 0 Å². The van der Waals surface area contributed by atoms with Gasteiger partial charge in [0.1, 0.15) is 11.2 Å². The maximum absolute atomic E-state index is 6.44. The summed E-state index contributed by atoms with van der Waals surface area (Å²) < 4.78 is 8.82. The van der Waals surface area contributed by atoms with Crippen LogP contribution in [0.5, 0.6) is 0 Å². The van der Waals surface area contributed by atoms with Crippen LogP contribution in [0.2, 0.25) is 0 Å². The van der Waals surface area contributed by atoms with Gasteiger partial charge in [0.2, 0.25) is 0 Å². The highest BCUT2D eigenvalue weighted by molar-refractivity contribution is 6.10. The van der Waals surface area contributed by atoms with Gasteiger partial charge < -0.3 is 8.98 Å². The molecule has 0 amide bonds. The second-order valence-electron chi connectivity index (χ2n) is 12.5. The molecule has 2 heterocycles. The summed E-state index contributed by atoms with van der Waals surface area (Å²) >= 11 is 0. The number of hydrogen-bond acceptors (Lipinski definition) is 1. The predicted octanol–water partition coefficient (Wildman–Crippen LogP) is 11.7. The molecule has 1 aliphatic rings. The van der Waals surface area contributed by atoms with E-state index in [1.54, 1.807) is 0 Å². The van der Waals surface area contributed by atoms with Gasteiger partial charge in [-0.3, -0.25) is 0 Å². The fraction of sp³-hybridized carbons (Fsp3) is 0.0455. The average molecular weight is 588 g/mol. The molecule has 2 aromatic heterocycles. The van der Waals surface area contributed by atoms with Crippen molar-refractivity contribution < 1.29 is 4.42 Å². The number of nitrogens with zero attached hydrogens (tertiary/aromatic N) is 1. The standard InChI is InChI=1S/C44H29NO/c1-2-12-31(13-3-1)45-41-19-8-6-16-35(41)40-26-29(22-24-42(40)45)28-21-23-34-38(25-28)32-14-4-5-15-33(32)39(34)27-30-11-10-18-37-36-17-7-9-20-43(36)46-44(30)37/h1-26,39H,27H2. The van der Waals surface area contributed by atoms with E-state index < -0.39 is 0 Å². The van der Waals surface area contributed by atoms with Crippen molar-refractivity contribution in [3.8, 4) is 27.9 Å². The molecule has 7 aromatic carbocycles. The van der Waals surface area contributed by atoms with E-state index in [4.69, 9.17) is 4.42 Å². The molecule has 2 heteroatoms. The third kappa shape index (κ3) is 3.71. The molecule has 46 heavy (non-hydrogen) atoms. The molecule has 0 fully saturated rings. The molecule has 1 aliphatic carbocycles. The van der Waals surface area contributed by atoms with Crippen LogP contribution in [0.15, 0.2) is 162 Å². The molecule has 216 valence electrons. The van der Waals surface area contributed by atoms with E-state index in [1.807, 2.05) is 6.07 Å². The lowest BCUT2D eigenvalue weighted by atomic mass is 9.89. The second kappa shape index (κ2) is 9.82. The van der Waals surface area contributed by atoms with E-state index >= 15 is 0 Å². The lowest BCUT2D eigenvalue weighted by Gasteiger charge is -2.15. The van der Waals surface area contributed by atoms with Gasteiger partial charge in [0, 0.05) is 33.2 Å². The Morgan fingerprint density at radius 2 is 1.17 bits per heavy atom. The molecule has 9 aromatic rings. The summed E-state index contributed by atoms with van der Waals surface area (Å²) in [6.07, 6.45) is 0.894. The van der Waals surface area contributed by atoms with E-state index in [9.17, 15) is 0 Å². The molecule has 0 bridgehead atoms. The van der Waals surface area contributed by atoms with Crippen molar-refractivity contribution in [2.75, 3.05) is 0 Å². The Balaban J connectivity index is 1.09. The van der Waals surface area contributed by atoms with Crippen LogP contribution in [-0.2, 0) is 6.42 Å². The summed E-state index contributed by atoms with van der Waals surface area (Å²) in [6.45, 7) is 0. The zero-order valence-corrected chi connectivity index (χ0v) is 25.2. The van der Waals surface area contributed by atoms with Crippen molar-refractivity contribution in [3.63, 3.8) is 0 Å². The third-order valence-electron chi connectivity index (χ3n) is 9.99. The Labute approximate surface area is 266 Å². The minimum Gasteiger partial charge on any atom is -0.456 e. The Morgan fingerprint density at radius 3 is 2.11 bits per heavy atom. The maximum Gasteiger partial charge on any atom is 0.138 e. The molecule has 2 nitrogen and oxygen atoms in total. The van der Waals surface area contributed by atoms with Crippen molar-refractivity contribution in [1.29, 1.82) is 0 Å². The highest BCUT2D eigenvalue weighted by Gasteiger charge is 2.30. The summed E-state index contributed by atoms with van der Waals surface area (Å²) in [5.41, 5.74) is 14.8. The van der Waals surface area contributed by atoms with Gasteiger partial charge in [-0.2, -0.15) is 0 Å². The summed E-state index contributed by atoms with van der Waals surface area (Å²) in [7, 11) is 0. The third-order valence-corrected chi connectivity index (χ3v) is 9.99. The molecule has 10 rings (SSSR count). The molecule has 0 N–H and O–H groups in total. The first kappa shape index (κ1) is 25.5. The molecule has 1 atom stereocenters. The fourth-order valence-corrected chi connectivity index (χ4v) is 7.90. The van der Waals surface area contributed by atoms with Crippen molar-refractivity contribution in [2.45, 2.75) is 12.3 Å². The lowest BCUT2D eigenvalue weighted by molar-refractivity contribution is 0.658. The van der Waals surface area contributed by atoms with Gasteiger partial charge in [-0.25, -0.2) is 0 Å². The zero-order valence-electron chi connectivity index (χ0n) is 25.2. The van der Waals surface area contributed by atoms with Crippen LogP contribution in [0.3, 0.4) is 0 Å². The minimum absolute atomic E-state index is 0.269. The minimum atomic E-state index is 0.269. The normalized spacial score (nSPS) is 14.0. The lowest BCUT2D eigenvalue weighted by Crippen LogP contribution is -2.01. The summed E-state index contributed by atoms with van der Waals surface area (Å²) in [4.78, 5) is 0. The molecule has 0 radical (unpaired) electrons. The van der Waals surface area contributed by atoms with Crippen LogP contribution in [0, 0.1) is 0 Å². The average Bonchev–Trinajstić information content (AvgIpc) is 3.77. The smallest absolute Gasteiger partial charge is 0.138 e. The molecule has 0 saturated heterocycles. The molecular formula is C44H29NO. The van der Waals surface area contributed by atoms with Crippen molar-refractivity contribution >= 4 is 43.7 Å². The molecule has 1 unspecified atom stereocenters. The summed E-state index contributed by atoms with van der Waals surface area (Å²) in [5, 5.41) is 4.92. The van der Waals surface area contributed by atoms with Crippen LogP contribution < -0.4 is 0 Å².